The van der Waals surface area contributed by atoms with Crippen LogP contribution in [0.1, 0.15) is 29.1 Å². The molecule has 2 aromatic rings. The van der Waals surface area contributed by atoms with Gasteiger partial charge in [0.1, 0.15) is 11.3 Å². The molecule has 1 amide bonds. The van der Waals surface area contributed by atoms with Gasteiger partial charge in [0.2, 0.25) is 0 Å². The lowest BCUT2D eigenvalue weighted by molar-refractivity contribution is -0.385. The number of carbonyl (C=O) groups is 1. The molecule has 0 bridgehead atoms. The molecule has 1 aromatic heterocycles. The van der Waals surface area contributed by atoms with Crippen molar-refractivity contribution in [2.24, 2.45) is 0 Å². The molecule has 1 atom stereocenters. The normalized spacial score (nSPS) is 12.0. The van der Waals surface area contributed by atoms with Gasteiger partial charge in [0.15, 0.2) is 0 Å². The second-order valence-electron chi connectivity index (χ2n) is 4.53. The summed E-state index contributed by atoms with van der Waals surface area (Å²) in [6, 6.07) is 7.09. The molecule has 0 saturated heterocycles. The zero-order valence-corrected chi connectivity index (χ0v) is 12.2. The summed E-state index contributed by atoms with van der Waals surface area (Å²) in [5.41, 5.74) is -0.323. The maximum atomic E-state index is 12.5. The summed E-state index contributed by atoms with van der Waals surface area (Å²) >= 11 is 5.74. The average molecular weight is 309 g/mol. The molecular formula is C14H13ClN2O4. The first-order valence-electron chi connectivity index (χ1n) is 6.16. The minimum atomic E-state index is -0.621. The number of hydrogen-bond donors (Lipinski definition) is 0. The smallest absolute Gasteiger partial charge is 0.283 e. The van der Waals surface area contributed by atoms with Crippen LogP contribution in [-0.2, 0) is 0 Å². The minimum absolute atomic E-state index is 0.00898. The van der Waals surface area contributed by atoms with Gasteiger partial charge in [0, 0.05) is 18.1 Å². The highest BCUT2D eigenvalue weighted by atomic mass is 35.5. The fraction of sp³-hybridized carbons (Fsp3) is 0.214. The summed E-state index contributed by atoms with van der Waals surface area (Å²) in [6.45, 7) is 1.78. The lowest BCUT2D eigenvalue weighted by Gasteiger charge is -2.23. The van der Waals surface area contributed by atoms with Crippen molar-refractivity contribution in [1.82, 2.24) is 4.90 Å². The van der Waals surface area contributed by atoms with E-state index in [1.165, 1.54) is 29.4 Å². The van der Waals surface area contributed by atoms with E-state index in [2.05, 4.69) is 0 Å². The van der Waals surface area contributed by atoms with Crippen molar-refractivity contribution in [1.29, 1.82) is 0 Å². The van der Waals surface area contributed by atoms with Gasteiger partial charge in [-0.3, -0.25) is 14.9 Å². The molecule has 21 heavy (non-hydrogen) atoms. The van der Waals surface area contributed by atoms with Crippen LogP contribution in [0.25, 0.3) is 0 Å². The van der Waals surface area contributed by atoms with Crippen molar-refractivity contribution >= 4 is 23.2 Å². The summed E-state index contributed by atoms with van der Waals surface area (Å²) in [6.07, 6.45) is 1.51. The molecule has 1 heterocycles. The molecule has 110 valence electrons. The number of rotatable bonds is 4. The first-order valence-corrected chi connectivity index (χ1v) is 6.54. The van der Waals surface area contributed by atoms with Crippen molar-refractivity contribution in [3.8, 4) is 0 Å². The van der Waals surface area contributed by atoms with E-state index in [-0.39, 0.29) is 22.3 Å². The third-order valence-electron chi connectivity index (χ3n) is 3.24. The van der Waals surface area contributed by atoms with Crippen molar-refractivity contribution in [2.45, 2.75) is 13.0 Å². The van der Waals surface area contributed by atoms with Crippen LogP contribution in [0.3, 0.4) is 0 Å². The number of hydrogen-bond acceptors (Lipinski definition) is 4. The lowest BCUT2D eigenvalue weighted by Crippen LogP contribution is -2.30. The molecule has 6 nitrogen and oxygen atoms in total. The van der Waals surface area contributed by atoms with Crippen LogP contribution in [-0.4, -0.2) is 22.8 Å². The summed E-state index contributed by atoms with van der Waals surface area (Å²) in [5.74, 6) is 0.129. The molecule has 0 N–H and O–H groups in total. The molecule has 0 saturated carbocycles. The first-order chi connectivity index (χ1) is 9.91. The summed E-state index contributed by atoms with van der Waals surface area (Å²) in [7, 11) is 1.56. The zero-order chi connectivity index (χ0) is 15.6. The van der Waals surface area contributed by atoms with E-state index >= 15 is 0 Å². The van der Waals surface area contributed by atoms with Crippen LogP contribution >= 0.6 is 11.6 Å². The third kappa shape index (κ3) is 3.05. The van der Waals surface area contributed by atoms with Gasteiger partial charge in [0.25, 0.3) is 11.6 Å². The summed E-state index contributed by atoms with van der Waals surface area (Å²) < 4.78 is 5.25. The SMILES string of the molecule is CC(c1ccco1)N(C)C(=O)c1ccc(Cl)cc1[N+](=O)[O-]. The molecule has 0 aliphatic heterocycles. The molecule has 0 aliphatic carbocycles. The van der Waals surface area contributed by atoms with Crippen LogP contribution in [0, 0.1) is 10.1 Å². The molecule has 1 aromatic carbocycles. The van der Waals surface area contributed by atoms with E-state index in [9.17, 15) is 14.9 Å². The van der Waals surface area contributed by atoms with Gasteiger partial charge < -0.3 is 9.32 Å². The largest absolute Gasteiger partial charge is 0.467 e. The molecule has 0 aliphatic rings. The Balaban J connectivity index is 2.34. The predicted molar refractivity (Wildman–Crippen MR) is 77.3 cm³/mol. The molecule has 2 rings (SSSR count). The second kappa shape index (κ2) is 5.97. The van der Waals surface area contributed by atoms with Crippen molar-refractivity contribution in [3.05, 3.63) is 63.1 Å². The Bertz CT molecular complexity index is 670. The summed E-state index contributed by atoms with van der Waals surface area (Å²) in [4.78, 5) is 24.3. The first kappa shape index (κ1) is 15.1. The van der Waals surface area contributed by atoms with Gasteiger partial charge in [-0.25, -0.2) is 0 Å². The Kier molecular flexibility index (Phi) is 4.28. The Morgan fingerprint density at radius 1 is 1.43 bits per heavy atom. The van der Waals surface area contributed by atoms with E-state index in [4.69, 9.17) is 16.0 Å². The van der Waals surface area contributed by atoms with E-state index < -0.39 is 10.8 Å². The fourth-order valence-corrected chi connectivity index (χ4v) is 2.09. The van der Waals surface area contributed by atoms with E-state index in [0.717, 1.165) is 0 Å². The quantitative estimate of drug-likeness (QED) is 0.637. The number of halogens is 1. The van der Waals surface area contributed by atoms with Crippen LogP contribution < -0.4 is 0 Å². The number of nitrogens with zero attached hydrogens (tertiary/aromatic N) is 2. The number of benzene rings is 1. The zero-order valence-electron chi connectivity index (χ0n) is 11.4. The highest BCUT2D eigenvalue weighted by Crippen LogP contribution is 2.27. The Labute approximate surface area is 126 Å². The van der Waals surface area contributed by atoms with Gasteiger partial charge in [-0.05, 0) is 31.2 Å². The van der Waals surface area contributed by atoms with Crippen molar-refractivity contribution in [3.63, 3.8) is 0 Å². The van der Waals surface area contributed by atoms with Crippen molar-refractivity contribution in [2.75, 3.05) is 7.05 Å². The number of nitro groups is 1. The average Bonchev–Trinajstić information content (AvgIpc) is 2.99. The molecule has 0 fully saturated rings. The maximum Gasteiger partial charge on any atom is 0.283 e. The number of furan rings is 1. The maximum absolute atomic E-state index is 12.5. The van der Waals surface area contributed by atoms with Crippen LogP contribution in [0.2, 0.25) is 5.02 Å². The molecule has 0 spiro atoms. The van der Waals surface area contributed by atoms with Crippen LogP contribution in [0.4, 0.5) is 5.69 Å². The van der Waals surface area contributed by atoms with Gasteiger partial charge >= 0.3 is 0 Å². The monoisotopic (exact) mass is 308 g/mol. The van der Waals surface area contributed by atoms with E-state index in [1.54, 1.807) is 26.1 Å². The van der Waals surface area contributed by atoms with E-state index in [1.807, 2.05) is 0 Å². The number of carbonyl (C=O) groups excluding carboxylic acids is 1. The highest BCUT2D eigenvalue weighted by Gasteiger charge is 2.27. The molecular weight excluding hydrogens is 296 g/mol. The Morgan fingerprint density at radius 2 is 2.14 bits per heavy atom. The van der Waals surface area contributed by atoms with Crippen LogP contribution in [0.15, 0.2) is 41.0 Å². The molecule has 1 unspecified atom stereocenters. The Morgan fingerprint density at radius 3 is 2.71 bits per heavy atom. The third-order valence-corrected chi connectivity index (χ3v) is 3.48. The topological polar surface area (TPSA) is 76.6 Å². The van der Waals surface area contributed by atoms with E-state index in [0.29, 0.717) is 5.76 Å². The molecule has 7 heteroatoms. The molecule has 0 radical (unpaired) electrons. The van der Waals surface area contributed by atoms with Gasteiger partial charge in [-0.1, -0.05) is 11.6 Å². The second-order valence-corrected chi connectivity index (χ2v) is 4.96. The van der Waals surface area contributed by atoms with Crippen LogP contribution in [0.5, 0.6) is 0 Å². The van der Waals surface area contributed by atoms with Gasteiger partial charge in [-0.2, -0.15) is 0 Å². The Hall–Kier alpha value is -2.34. The van der Waals surface area contributed by atoms with Gasteiger partial charge in [0.05, 0.1) is 17.2 Å². The fourth-order valence-electron chi connectivity index (χ4n) is 1.92. The lowest BCUT2D eigenvalue weighted by atomic mass is 10.1. The van der Waals surface area contributed by atoms with Gasteiger partial charge in [-0.15, -0.1) is 0 Å². The standard InChI is InChI=1S/C14H13ClN2O4/c1-9(13-4-3-7-21-13)16(2)14(18)11-6-5-10(15)8-12(11)17(19)20/h3-9H,1-2H3. The highest BCUT2D eigenvalue weighted by molar-refractivity contribution is 6.31. The summed E-state index contributed by atoms with van der Waals surface area (Å²) in [5, 5.41) is 11.3. The minimum Gasteiger partial charge on any atom is -0.467 e. The predicted octanol–water partition coefficient (Wildman–Crippen LogP) is 3.67. The number of nitro benzene ring substituents is 1. The number of amides is 1. The van der Waals surface area contributed by atoms with Crippen molar-refractivity contribution < 1.29 is 14.1 Å².